The summed E-state index contributed by atoms with van der Waals surface area (Å²) in [4.78, 5) is 32.9. The van der Waals surface area contributed by atoms with E-state index in [1.165, 1.54) is 0 Å². The maximum Gasteiger partial charge on any atom is 0.343 e. The first kappa shape index (κ1) is 17.4. The largest absolute Gasteiger partial charge is 0.348 e. The Balaban J connectivity index is 1.51. The number of nitrogens with one attached hydrogen (secondary N) is 2. The highest BCUT2D eigenvalue weighted by atomic mass is 16.2. The highest BCUT2D eigenvalue weighted by Crippen LogP contribution is 2.21. The highest BCUT2D eigenvalue weighted by molar-refractivity contribution is 5.82. The van der Waals surface area contributed by atoms with Crippen molar-refractivity contribution in [2.75, 3.05) is 13.1 Å². The summed E-state index contributed by atoms with van der Waals surface area (Å²) in [6.07, 6.45) is 6.30. The van der Waals surface area contributed by atoms with Gasteiger partial charge in [-0.25, -0.2) is 14.9 Å². The predicted octanol–water partition coefficient (Wildman–Crippen LogP) is -0.334. The number of carbonyl (C=O) groups is 1. The van der Waals surface area contributed by atoms with E-state index >= 15 is 0 Å². The van der Waals surface area contributed by atoms with Crippen molar-refractivity contribution >= 4 is 5.91 Å². The average molecular weight is 347 g/mol. The van der Waals surface area contributed by atoms with Gasteiger partial charge in [-0.05, 0) is 25.7 Å². The van der Waals surface area contributed by atoms with E-state index in [2.05, 4.69) is 20.2 Å². The lowest BCUT2D eigenvalue weighted by molar-refractivity contribution is -0.134. The number of nitrogens with zero attached hydrogens (tertiary/aromatic N) is 4. The van der Waals surface area contributed by atoms with Crippen LogP contribution in [-0.4, -0.2) is 54.7 Å². The maximum atomic E-state index is 12.5. The molecule has 1 amide bonds. The molecule has 25 heavy (non-hydrogen) atoms. The Morgan fingerprint density at radius 1 is 1.44 bits per heavy atom. The van der Waals surface area contributed by atoms with Crippen LogP contribution in [0.15, 0.2) is 17.3 Å². The van der Waals surface area contributed by atoms with Crippen LogP contribution in [0.3, 0.4) is 0 Å². The molecule has 0 radical (unpaired) electrons. The number of aromatic amines is 2. The SMILES string of the molecule is CCn1c(CC2CCN(C(=O)[C@@H](N)Cc3cnc[nH]3)CC2)n[nH]c1=O. The van der Waals surface area contributed by atoms with Crippen molar-refractivity contribution in [3.05, 3.63) is 34.5 Å². The molecule has 0 aromatic carbocycles. The Bertz CT molecular complexity index is 741. The molecule has 1 aliphatic heterocycles. The van der Waals surface area contributed by atoms with E-state index in [-0.39, 0.29) is 11.6 Å². The van der Waals surface area contributed by atoms with Gasteiger partial charge < -0.3 is 15.6 Å². The van der Waals surface area contributed by atoms with Crippen molar-refractivity contribution in [1.82, 2.24) is 29.6 Å². The third kappa shape index (κ3) is 3.98. The summed E-state index contributed by atoms with van der Waals surface area (Å²) in [6.45, 7) is 3.94. The number of hydrogen-bond donors (Lipinski definition) is 3. The van der Waals surface area contributed by atoms with Crippen molar-refractivity contribution in [3.8, 4) is 0 Å². The number of nitrogens with two attached hydrogens (primary N) is 1. The average Bonchev–Trinajstić information content (AvgIpc) is 3.24. The molecule has 1 saturated heterocycles. The number of aromatic nitrogens is 5. The smallest absolute Gasteiger partial charge is 0.343 e. The van der Waals surface area contributed by atoms with Crippen LogP contribution in [-0.2, 0) is 24.2 Å². The van der Waals surface area contributed by atoms with Crippen LogP contribution < -0.4 is 11.4 Å². The van der Waals surface area contributed by atoms with E-state index in [4.69, 9.17) is 5.73 Å². The third-order valence-electron chi connectivity index (χ3n) is 4.86. The minimum absolute atomic E-state index is 0.0155. The lowest BCUT2D eigenvalue weighted by Gasteiger charge is -2.33. The fourth-order valence-corrected chi connectivity index (χ4v) is 3.40. The quantitative estimate of drug-likeness (QED) is 0.659. The molecule has 1 aliphatic rings. The second-order valence-electron chi connectivity index (χ2n) is 6.55. The van der Waals surface area contributed by atoms with Crippen LogP contribution in [0, 0.1) is 5.92 Å². The van der Waals surface area contributed by atoms with Crippen LogP contribution >= 0.6 is 0 Å². The normalized spacial score (nSPS) is 17.0. The van der Waals surface area contributed by atoms with Gasteiger partial charge in [-0.1, -0.05) is 0 Å². The molecule has 2 aromatic rings. The molecule has 4 N–H and O–H groups in total. The molecule has 0 spiro atoms. The van der Waals surface area contributed by atoms with Crippen LogP contribution in [0.2, 0.25) is 0 Å². The Morgan fingerprint density at radius 3 is 2.84 bits per heavy atom. The number of amides is 1. The number of rotatable bonds is 6. The fourth-order valence-electron chi connectivity index (χ4n) is 3.40. The van der Waals surface area contributed by atoms with Gasteiger partial charge in [0, 0.05) is 44.4 Å². The molecular weight excluding hydrogens is 322 g/mol. The molecule has 9 nitrogen and oxygen atoms in total. The zero-order chi connectivity index (χ0) is 17.8. The van der Waals surface area contributed by atoms with Crippen LogP contribution in [0.1, 0.15) is 31.3 Å². The van der Waals surface area contributed by atoms with Gasteiger partial charge >= 0.3 is 5.69 Å². The lowest BCUT2D eigenvalue weighted by Crippen LogP contribution is -2.48. The Hall–Kier alpha value is -2.42. The monoisotopic (exact) mass is 347 g/mol. The standard InChI is InChI=1S/C16H25N7O2/c1-2-23-14(20-21-16(23)25)7-11-3-5-22(6-4-11)15(24)13(17)8-12-9-18-10-19-12/h9-11,13H,2-8,17H2,1H3,(H,18,19)(H,21,25)/t13-/m0/s1. The van der Waals surface area contributed by atoms with E-state index in [1.807, 2.05) is 11.8 Å². The van der Waals surface area contributed by atoms with Gasteiger partial charge in [0.2, 0.25) is 5.91 Å². The van der Waals surface area contributed by atoms with E-state index in [0.29, 0.717) is 32.0 Å². The summed E-state index contributed by atoms with van der Waals surface area (Å²) < 4.78 is 1.66. The second kappa shape index (κ2) is 7.64. The van der Waals surface area contributed by atoms with Crippen LogP contribution in [0.25, 0.3) is 0 Å². The van der Waals surface area contributed by atoms with Gasteiger partial charge in [-0.15, -0.1) is 0 Å². The summed E-state index contributed by atoms with van der Waals surface area (Å²) in [7, 11) is 0. The summed E-state index contributed by atoms with van der Waals surface area (Å²) in [5.41, 5.74) is 6.76. The maximum absolute atomic E-state index is 12.5. The minimum Gasteiger partial charge on any atom is -0.348 e. The number of imidazole rings is 1. The van der Waals surface area contributed by atoms with Crippen molar-refractivity contribution in [2.24, 2.45) is 11.7 Å². The first-order chi connectivity index (χ1) is 12.1. The third-order valence-corrected chi connectivity index (χ3v) is 4.86. The lowest BCUT2D eigenvalue weighted by atomic mass is 9.92. The Morgan fingerprint density at radius 2 is 2.20 bits per heavy atom. The first-order valence-corrected chi connectivity index (χ1v) is 8.74. The summed E-state index contributed by atoms with van der Waals surface area (Å²) in [5.74, 6) is 1.21. The molecule has 0 saturated carbocycles. The van der Waals surface area contributed by atoms with Crippen molar-refractivity contribution in [2.45, 2.75) is 45.2 Å². The Kier molecular flexibility index (Phi) is 5.32. The molecule has 0 unspecified atom stereocenters. The number of carbonyl (C=O) groups excluding carboxylic acids is 1. The topological polar surface area (TPSA) is 126 Å². The molecule has 0 aliphatic carbocycles. The number of hydrogen-bond acceptors (Lipinski definition) is 5. The van der Waals surface area contributed by atoms with Crippen molar-refractivity contribution in [3.63, 3.8) is 0 Å². The molecule has 9 heteroatoms. The molecule has 3 rings (SSSR count). The Labute approximate surface area is 145 Å². The van der Waals surface area contributed by atoms with Crippen LogP contribution in [0.4, 0.5) is 0 Å². The molecule has 2 aromatic heterocycles. The zero-order valence-corrected chi connectivity index (χ0v) is 14.4. The summed E-state index contributed by atoms with van der Waals surface area (Å²) in [5, 5.41) is 6.63. The molecular formula is C16H25N7O2. The molecule has 1 atom stereocenters. The zero-order valence-electron chi connectivity index (χ0n) is 14.4. The van der Waals surface area contributed by atoms with Gasteiger partial charge in [0.05, 0.1) is 12.4 Å². The van der Waals surface area contributed by atoms with E-state index in [9.17, 15) is 9.59 Å². The van der Waals surface area contributed by atoms with Crippen molar-refractivity contribution < 1.29 is 4.79 Å². The van der Waals surface area contributed by atoms with Crippen molar-refractivity contribution in [1.29, 1.82) is 0 Å². The van der Waals surface area contributed by atoms with Gasteiger partial charge in [-0.2, -0.15) is 5.10 Å². The molecule has 136 valence electrons. The highest BCUT2D eigenvalue weighted by Gasteiger charge is 2.27. The molecule has 0 bridgehead atoms. The molecule has 3 heterocycles. The second-order valence-corrected chi connectivity index (χ2v) is 6.55. The molecule has 1 fully saturated rings. The van der Waals surface area contributed by atoms with E-state index in [1.54, 1.807) is 17.1 Å². The van der Waals surface area contributed by atoms with E-state index in [0.717, 1.165) is 30.8 Å². The number of likely N-dealkylation sites (tertiary alicyclic amines) is 1. The number of H-pyrrole nitrogens is 2. The number of piperidine rings is 1. The van der Waals surface area contributed by atoms with Gasteiger partial charge in [0.1, 0.15) is 5.82 Å². The van der Waals surface area contributed by atoms with Gasteiger partial charge in [-0.3, -0.25) is 9.36 Å². The van der Waals surface area contributed by atoms with Gasteiger partial charge in [0.25, 0.3) is 0 Å². The van der Waals surface area contributed by atoms with E-state index < -0.39 is 6.04 Å². The van der Waals surface area contributed by atoms with Gasteiger partial charge in [0.15, 0.2) is 0 Å². The summed E-state index contributed by atoms with van der Waals surface area (Å²) >= 11 is 0. The first-order valence-electron chi connectivity index (χ1n) is 8.74. The summed E-state index contributed by atoms with van der Waals surface area (Å²) in [6, 6.07) is -0.548. The fraction of sp³-hybridized carbons (Fsp3) is 0.625. The predicted molar refractivity (Wildman–Crippen MR) is 91.8 cm³/mol. The minimum atomic E-state index is -0.548. The van der Waals surface area contributed by atoms with Crippen LogP contribution in [0.5, 0.6) is 0 Å².